The van der Waals surface area contributed by atoms with Gasteiger partial charge >= 0.3 is 0 Å². The summed E-state index contributed by atoms with van der Waals surface area (Å²) in [4.78, 5) is 15.6. The molecule has 3 heterocycles. The average molecular weight is 718 g/mol. The Morgan fingerprint density at radius 1 is 0.429 bits per heavy atom. The summed E-state index contributed by atoms with van der Waals surface area (Å²) in [5, 5.41) is 11.3. The molecular weight excluding hydrogens is 687 g/mol. The van der Waals surface area contributed by atoms with E-state index in [4.69, 9.17) is 23.8 Å². The number of hydrogen-bond acceptors (Lipinski definition) is 5. The summed E-state index contributed by atoms with van der Waals surface area (Å²) in [6.07, 6.45) is 9.35. The zero-order valence-corrected chi connectivity index (χ0v) is 30.1. The molecule has 8 aromatic carbocycles. The SMILES string of the molecule is C1=CCC(c2nc(-c3ccc4ccc5ccccc5c4c3)nc(-c3cccc4oc5ccc(-c6cccc7oc8cc9ccccc9cc8c67)cc5c34)n2)C=C1. The number of nitrogens with zero attached hydrogens (tertiary/aromatic N) is 3. The zero-order chi connectivity index (χ0) is 36.7. The maximum Gasteiger partial charge on any atom is 0.164 e. The van der Waals surface area contributed by atoms with Gasteiger partial charge in [-0.1, -0.05) is 127 Å². The molecule has 1 aliphatic carbocycles. The Morgan fingerprint density at radius 3 is 1.93 bits per heavy atom. The van der Waals surface area contributed by atoms with Crippen molar-refractivity contribution in [3.05, 3.63) is 176 Å². The van der Waals surface area contributed by atoms with Crippen molar-refractivity contribution in [1.29, 1.82) is 0 Å². The van der Waals surface area contributed by atoms with Crippen LogP contribution in [0.4, 0.5) is 0 Å². The first-order chi connectivity index (χ1) is 27.7. The Morgan fingerprint density at radius 2 is 1.09 bits per heavy atom. The van der Waals surface area contributed by atoms with E-state index in [2.05, 4.69) is 158 Å². The summed E-state index contributed by atoms with van der Waals surface area (Å²) >= 11 is 0. The average Bonchev–Trinajstić information content (AvgIpc) is 3.83. The molecule has 1 aliphatic rings. The van der Waals surface area contributed by atoms with Crippen molar-refractivity contribution in [2.45, 2.75) is 12.3 Å². The molecule has 0 radical (unpaired) electrons. The van der Waals surface area contributed by atoms with Gasteiger partial charge < -0.3 is 8.83 Å². The van der Waals surface area contributed by atoms with Crippen LogP contribution >= 0.6 is 0 Å². The molecule has 0 bridgehead atoms. The molecule has 5 nitrogen and oxygen atoms in total. The molecule has 262 valence electrons. The third-order valence-electron chi connectivity index (χ3n) is 11.4. The lowest BCUT2D eigenvalue weighted by atomic mass is 9.96. The van der Waals surface area contributed by atoms with Gasteiger partial charge in [-0.3, -0.25) is 0 Å². The highest BCUT2D eigenvalue weighted by Crippen LogP contribution is 2.42. The first kappa shape index (κ1) is 31.0. The molecule has 0 saturated heterocycles. The van der Waals surface area contributed by atoms with Crippen molar-refractivity contribution in [2.75, 3.05) is 0 Å². The standard InChI is InChI=1S/C51H31N3O2/c1-2-11-32(12-3-1)49-52-50(36-23-22-31-21-20-30-10-6-7-15-37(30)40(31)28-36)54-51(53-49)39-17-9-19-45-48(39)41-27-35(24-25-43(41)55-45)38-16-8-18-44-47(38)42-26-33-13-4-5-14-34(33)29-46(42)56-44/h1-11,13-29,32H,12H2. The summed E-state index contributed by atoms with van der Waals surface area (Å²) < 4.78 is 13.0. The highest BCUT2D eigenvalue weighted by molar-refractivity contribution is 6.18. The van der Waals surface area contributed by atoms with E-state index in [9.17, 15) is 0 Å². The van der Waals surface area contributed by atoms with Gasteiger partial charge in [-0.2, -0.15) is 0 Å². The molecule has 0 fully saturated rings. The minimum atomic E-state index is 0.0380. The Balaban J connectivity index is 1.06. The zero-order valence-electron chi connectivity index (χ0n) is 30.1. The molecule has 1 atom stereocenters. The normalized spacial score (nSPS) is 14.4. The van der Waals surface area contributed by atoms with Crippen LogP contribution in [-0.2, 0) is 0 Å². The quantitative estimate of drug-likeness (QED) is 0.170. The van der Waals surface area contributed by atoms with E-state index in [1.165, 1.54) is 26.9 Å². The van der Waals surface area contributed by atoms with Crippen LogP contribution in [0.5, 0.6) is 0 Å². The smallest absolute Gasteiger partial charge is 0.164 e. The van der Waals surface area contributed by atoms with Gasteiger partial charge in [0.1, 0.15) is 28.2 Å². The maximum atomic E-state index is 6.54. The topological polar surface area (TPSA) is 65.0 Å². The fourth-order valence-electron chi connectivity index (χ4n) is 8.65. The fourth-order valence-corrected chi connectivity index (χ4v) is 8.65. The van der Waals surface area contributed by atoms with Gasteiger partial charge in [0.2, 0.25) is 0 Å². The van der Waals surface area contributed by atoms with Gasteiger partial charge in [0.15, 0.2) is 11.6 Å². The molecule has 56 heavy (non-hydrogen) atoms. The number of furan rings is 2. The monoisotopic (exact) mass is 717 g/mol. The lowest BCUT2D eigenvalue weighted by Gasteiger charge is -2.15. The predicted molar refractivity (Wildman–Crippen MR) is 229 cm³/mol. The number of fused-ring (bicyclic) bond motifs is 10. The lowest BCUT2D eigenvalue weighted by molar-refractivity contribution is 0.669. The van der Waals surface area contributed by atoms with Crippen LogP contribution in [0.2, 0.25) is 0 Å². The lowest BCUT2D eigenvalue weighted by Crippen LogP contribution is -2.08. The third-order valence-corrected chi connectivity index (χ3v) is 11.4. The molecule has 0 saturated carbocycles. The summed E-state index contributed by atoms with van der Waals surface area (Å²) in [6, 6.07) is 51.1. The second-order valence-corrected chi connectivity index (χ2v) is 14.7. The highest BCUT2D eigenvalue weighted by Gasteiger charge is 2.22. The number of allylic oxidation sites excluding steroid dienone is 4. The van der Waals surface area contributed by atoms with Crippen molar-refractivity contribution in [3.8, 4) is 33.9 Å². The molecule has 0 N–H and O–H groups in total. The van der Waals surface area contributed by atoms with Crippen molar-refractivity contribution in [3.63, 3.8) is 0 Å². The van der Waals surface area contributed by atoms with Crippen LogP contribution in [0.3, 0.4) is 0 Å². The minimum Gasteiger partial charge on any atom is -0.456 e. The Hall–Kier alpha value is -7.37. The van der Waals surface area contributed by atoms with Crippen molar-refractivity contribution < 1.29 is 8.83 Å². The van der Waals surface area contributed by atoms with Crippen LogP contribution < -0.4 is 0 Å². The van der Waals surface area contributed by atoms with Crippen molar-refractivity contribution in [1.82, 2.24) is 15.0 Å². The highest BCUT2D eigenvalue weighted by atomic mass is 16.3. The van der Waals surface area contributed by atoms with E-state index in [0.29, 0.717) is 11.6 Å². The summed E-state index contributed by atoms with van der Waals surface area (Å²) in [5.74, 6) is 2.06. The van der Waals surface area contributed by atoms with Crippen molar-refractivity contribution in [2.24, 2.45) is 0 Å². The van der Waals surface area contributed by atoms with E-state index in [0.717, 1.165) is 83.8 Å². The van der Waals surface area contributed by atoms with Crippen LogP contribution in [0, 0.1) is 0 Å². The molecular formula is C51H31N3O2. The van der Waals surface area contributed by atoms with E-state index < -0.39 is 0 Å². The third kappa shape index (κ3) is 4.84. The fraction of sp³-hybridized carbons (Fsp3) is 0.0392. The van der Waals surface area contributed by atoms with Gasteiger partial charge in [0, 0.05) is 38.6 Å². The van der Waals surface area contributed by atoms with E-state index in [1.807, 2.05) is 12.1 Å². The van der Waals surface area contributed by atoms with Gasteiger partial charge in [-0.15, -0.1) is 0 Å². The Kier molecular flexibility index (Phi) is 6.69. The summed E-state index contributed by atoms with van der Waals surface area (Å²) in [6.45, 7) is 0. The molecule has 1 unspecified atom stereocenters. The number of benzene rings is 8. The molecule has 0 aliphatic heterocycles. The number of rotatable bonds is 4. The number of aromatic nitrogens is 3. The van der Waals surface area contributed by atoms with E-state index >= 15 is 0 Å². The Bertz CT molecular complexity index is 3480. The number of hydrogen-bond donors (Lipinski definition) is 0. The minimum absolute atomic E-state index is 0.0380. The first-order valence-corrected chi connectivity index (χ1v) is 19.0. The van der Waals surface area contributed by atoms with Crippen LogP contribution in [0.1, 0.15) is 18.2 Å². The summed E-state index contributed by atoms with van der Waals surface area (Å²) in [5.41, 5.74) is 7.39. The van der Waals surface area contributed by atoms with Crippen molar-refractivity contribution >= 4 is 76.2 Å². The van der Waals surface area contributed by atoms with E-state index in [1.54, 1.807) is 0 Å². The van der Waals surface area contributed by atoms with Gasteiger partial charge in [0.05, 0.1) is 0 Å². The second kappa shape index (κ2) is 12.1. The maximum absolute atomic E-state index is 6.54. The van der Waals surface area contributed by atoms with Gasteiger partial charge in [0.25, 0.3) is 0 Å². The summed E-state index contributed by atoms with van der Waals surface area (Å²) in [7, 11) is 0. The molecule has 3 aromatic heterocycles. The molecule has 0 amide bonds. The molecule has 11 aromatic rings. The van der Waals surface area contributed by atoms with Gasteiger partial charge in [-0.05, 0) is 92.3 Å². The molecule has 0 spiro atoms. The van der Waals surface area contributed by atoms with E-state index in [-0.39, 0.29) is 5.92 Å². The van der Waals surface area contributed by atoms with Crippen LogP contribution in [0.15, 0.2) is 179 Å². The Labute approximate surface area is 320 Å². The molecule has 5 heteroatoms. The van der Waals surface area contributed by atoms with Crippen LogP contribution in [0.25, 0.3) is 110 Å². The van der Waals surface area contributed by atoms with Gasteiger partial charge in [-0.25, -0.2) is 15.0 Å². The largest absolute Gasteiger partial charge is 0.456 e. The second-order valence-electron chi connectivity index (χ2n) is 14.7. The predicted octanol–water partition coefficient (Wildman–Crippen LogP) is 13.7. The first-order valence-electron chi connectivity index (χ1n) is 19.0. The van der Waals surface area contributed by atoms with Crippen LogP contribution in [-0.4, -0.2) is 15.0 Å². The molecule has 12 rings (SSSR count).